The molecule has 0 saturated carbocycles. The zero-order chi connectivity index (χ0) is 13.4. The van der Waals surface area contributed by atoms with Crippen molar-refractivity contribution in [1.82, 2.24) is 14.5 Å². The van der Waals surface area contributed by atoms with E-state index in [0.717, 1.165) is 24.9 Å². The number of nitrogens with zero attached hydrogens (tertiary/aromatic N) is 3. The third kappa shape index (κ3) is 2.14. The number of nitrogens with two attached hydrogens (primary N) is 1. The number of pyridine rings is 1. The number of aryl methyl sites for hydroxylation is 2. The lowest BCUT2D eigenvalue weighted by Crippen LogP contribution is -2.19. The van der Waals surface area contributed by atoms with Crippen LogP contribution >= 0.6 is 0 Å². The fourth-order valence-electron chi connectivity index (χ4n) is 2.57. The molecule has 2 heterocycles. The number of likely N-dealkylation sites (N-methyl/N-ethyl adjacent to an activating group) is 1. The summed E-state index contributed by atoms with van der Waals surface area (Å²) in [6.07, 6.45) is 3.41. The minimum absolute atomic E-state index is 0.558. The van der Waals surface area contributed by atoms with Gasteiger partial charge in [0.05, 0.1) is 5.52 Å². The fourth-order valence-corrected chi connectivity index (χ4v) is 2.57. The molecule has 0 aromatic carbocycles. The summed E-state index contributed by atoms with van der Waals surface area (Å²) < 4.78 is 7.65. The number of ether oxygens (including phenoxy) is 1. The van der Waals surface area contributed by atoms with Gasteiger partial charge in [-0.1, -0.05) is 6.07 Å². The molecule has 0 unspecified atom stereocenters. The van der Waals surface area contributed by atoms with E-state index in [2.05, 4.69) is 16.1 Å². The molecule has 0 radical (unpaired) electrons. The quantitative estimate of drug-likeness (QED) is 0.901. The highest BCUT2D eigenvalue weighted by Crippen LogP contribution is 2.30. The van der Waals surface area contributed by atoms with Crippen LogP contribution in [0.3, 0.4) is 0 Å². The van der Waals surface area contributed by atoms with Gasteiger partial charge in [0.25, 0.3) is 5.88 Å². The topological polar surface area (TPSA) is 55.8 Å². The van der Waals surface area contributed by atoms with Crippen molar-refractivity contribution in [1.29, 1.82) is 0 Å². The van der Waals surface area contributed by atoms with Crippen molar-refractivity contribution in [2.24, 2.45) is 0 Å². The summed E-state index contributed by atoms with van der Waals surface area (Å²) in [7, 11) is 4.03. The molecule has 102 valence electrons. The van der Waals surface area contributed by atoms with Crippen molar-refractivity contribution in [3.63, 3.8) is 0 Å². The third-order valence-electron chi connectivity index (χ3n) is 3.63. The lowest BCUT2D eigenvalue weighted by atomic mass is 10.2. The fraction of sp³-hybridized carbons (Fsp3) is 0.500. The summed E-state index contributed by atoms with van der Waals surface area (Å²) in [6.45, 7) is 1.45. The van der Waals surface area contributed by atoms with Crippen LogP contribution in [0, 0.1) is 0 Å². The van der Waals surface area contributed by atoms with Crippen LogP contribution in [-0.2, 0) is 12.8 Å². The monoisotopic (exact) mass is 260 g/mol. The Bertz CT molecular complexity index is 603. The molecule has 1 aliphatic rings. The standard InChI is InChI=1S/C14H20N4O/c1-17(2)8-9-19-14-13(15)12-7-6-10-4-3-5-11(10)18(12)16-14/h6-7H,3-5,8-9,15H2,1-2H3. The van der Waals surface area contributed by atoms with Crippen LogP contribution in [0.1, 0.15) is 17.7 Å². The molecule has 0 aliphatic heterocycles. The smallest absolute Gasteiger partial charge is 0.257 e. The van der Waals surface area contributed by atoms with Gasteiger partial charge in [-0.3, -0.25) is 0 Å². The predicted octanol–water partition coefficient (Wildman–Crippen LogP) is 1.35. The third-order valence-corrected chi connectivity index (χ3v) is 3.63. The molecule has 0 fully saturated rings. The van der Waals surface area contributed by atoms with Crippen molar-refractivity contribution in [2.75, 3.05) is 33.0 Å². The summed E-state index contributed by atoms with van der Waals surface area (Å²) in [5.41, 5.74) is 10.4. The zero-order valence-corrected chi connectivity index (χ0v) is 11.5. The Morgan fingerprint density at radius 3 is 3.00 bits per heavy atom. The Morgan fingerprint density at radius 1 is 1.37 bits per heavy atom. The molecule has 0 spiro atoms. The molecule has 0 bridgehead atoms. The Kier molecular flexibility index (Phi) is 3.06. The van der Waals surface area contributed by atoms with E-state index in [1.807, 2.05) is 24.7 Å². The molecule has 0 amide bonds. The summed E-state index contributed by atoms with van der Waals surface area (Å²) in [5, 5.41) is 4.53. The number of rotatable bonds is 4. The van der Waals surface area contributed by atoms with Gasteiger partial charge in [0.15, 0.2) is 0 Å². The van der Waals surface area contributed by atoms with E-state index in [1.165, 1.54) is 17.7 Å². The molecular formula is C14H20N4O. The highest BCUT2D eigenvalue weighted by molar-refractivity contribution is 5.75. The number of hydrogen-bond acceptors (Lipinski definition) is 4. The largest absolute Gasteiger partial charge is 0.474 e. The maximum atomic E-state index is 6.13. The van der Waals surface area contributed by atoms with Gasteiger partial charge in [0.2, 0.25) is 0 Å². The molecule has 0 saturated heterocycles. The van der Waals surface area contributed by atoms with E-state index < -0.39 is 0 Å². The maximum Gasteiger partial charge on any atom is 0.257 e. The second-order valence-corrected chi connectivity index (χ2v) is 5.33. The summed E-state index contributed by atoms with van der Waals surface area (Å²) in [5.74, 6) is 0.558. The average molecular weight is 260 g/mol. The van der Waals surface area contributed by atoms with Gasteiger partial charge < -0.3 is 15.4 Å². The number of nitrogen functional groups attached to an aromatic ring is 1. The van der Waals surface area contributed by atoms with Crippen molar-refractivity contribution < 1.29 is 4.74 Å². The molecule has 19 heavy (non-hydrogen) atoms. The predicted molar refractivity (Wildman–Crippen MR) is 75.7 cm³/mol. The number of aromatic nitrogens is 2. The van der Waals surface area contributed by atoms with Gasteiger partial charge >= 0.3 is 0 Å². The molecule has 5 nitrogen and oxygen atoms in total. The summed E-state index contributed by atoms with van der Waals surface area (Å²) in [4.78, 5) is 2.07. The van der Waals surface area contributed by atoms with Gasteiger partial charge in [0.1, 0.15) is 12.3 Å². The van der Waals surface area contributed by atoms with Crippen molar-refractivity contribution in [3.8, 4) is 5.88 Å². The highest BCUT2D eigenvalue weighted by atomic mass is 16.5. The highest BCUT2D eigenvalue weighted by Gasteiger charge is 2.19. The van der Waals surface area contributed by atoms with Gasteiger partial charge in [-0.15, -0.1) is 5.10 Å². The van der Waals surface area contributed by atoms with Gasteiger partial charge in [-0.25, -0.2) is 4.52 Å². The van der Waals surface area contributed by atoms with Crippen LogP contribution in [0.15, 0.2) is 12.1 Å². The molecule has 2 N–H and O–H groups in total. The van der Waals surface area contributed by atoms with E-state index in [4.69, 9.17) is 10.5 Å². The second kappa shape index (κ2) is 4.74. The minimum atomic E-state index is 0.558. The molecular weight excluding hydrogens is 240 g/mol. The van der Waals surface area contributed by atoms with Crippen LogP contribution in [0.4, 0.5) is 5.69 Å². The van der Waals surface area contributed by atoms with E-state index in [0.29, 0.717) is 18.2 Å². The minimum Gasteiger partial charge on any atom is -0.474 e. The lowest BCUT2D eigenvalue weighted by molar-refractivity contribution is 0.254. The normalized spacial score (nSPS) is 14.3. The van der Waals surface area contributed by atoms with Crippen LogP contribution in [0.2, 0.25) is 0 Å². The van der Waals surface area contributed by atoms with Crippen LogP contribution in [0.5, 0.6) is 5.88 Å². The Hall–Kier alpha value is -1.75. The van der Waals surface area contributed by atoms with Crippen molar-refractivity contribution in [2.45, 2.75) is 19.3 Å². The van der Waals surface area contributed by atoms with Crippen LogP contribution in [0.25, 0.3) is 5.52 Å². The molecule has 2 aromatic heterocycles. The molecule has 2 aromatic rings. The summed E-state index contributed by atoms with van der Waals surface area (Å²) in [6, 6.07) is 4.21. The van der Waals surface area contributed by atoms with Gasteiger partial charge in [0, 0.05) is 12.2 Å². The first-order valence-electron chi connectivity index (χ1n) is 6.73. The van der Waals surface area contributed by atoms with Gasteiger partial charge in [-0.2, -0.15) is 0 Å². The van der Waals surface area contributed by atoms with E-state index in [-0.39, 0.29) is 0 Å². The molecule has 1 aliphatic carbocycles. The lowest BCUT2D eigenvalue weighted by Gasteiger charge is -2.09. The van der Waals surface area contributed by atoms with Crippen LogP contribution < -0.4 is 10.5 Å². The number of hydrogen-bond donors (Lipinski definition) is 1. The summed E-state index contributed by atoms with van der Waals surface area (Å²) >= 11 is 0. The Labute approximate surface area is 112 Å². The van der Waals surface area contributed by atoms with E-state index in [9.17, 15) is 0 Å². The first-order chi connectivity index (χ1) is 9.16. The average Bonchev–Trinajstić information content (AvgIpc) is 2.94. The Morgan fingerprint density at radius 2 is 2.21 bits per heavy atom. The molecule has 0 atom stereocenters. The van der Waals surface area contributed by atoms with E-state index in [1.54, 1.807) is 0 Å². The molecule has 3 rings (SSSR count). The van der Waals surface area contributed by atoms with Crippen molar-refractivity contribution >= 4 is 11.2 Å². The maximum absolute atomic E-state index is 6.13. The first-order valence-corrected chi connectivity index (χ1v) is 6.73. The van der Waals surface area contributed by atoms with Crippen LogP contribution in [-0.4, -0.2) is 41.8 Å². The van der Waals surface area contributed by atoms with E-state index >= 15 is 0 Å². The second-order valence-electron chi connectivity index (χ2n) is 5.33. The zero-order valence-electron chi connectivity index (χ0n) is 11.5. The molecule has 5 heteroatoms. The number of fused-ring (bicyclic) bond motifs is 3. The first kappa shape index (κ1) is 12.3. The number of anilines is 1. The van der Waals surface area contributed by atoms with Crippen molar-refractivity contribution in [3.05, 3.63) is 23.4 Å². The Balaban J connectivity index is 1.92. The van der Waals surface area contributed by atoms with Gasteiger partial charge in [-0.05, 0) is 45.0 Å². The SMILES string of the molecule is CN(C)CCOc1nn2c3c(ccc2c1N)CCC3.